The van der Waals surface area contributed by atoms with E-state index >= 15 is 0 Å². The number of aromatic nitrogens is 3. The first-order valence-corrected chi connectivity index (χ1v) is 10.8. The van der Waals surface area contributed by atoms with Gasteiger partial charge in [-0.2, -0.15) is 5.10 Å². The van der Waals surface area contributed by atoms with Crippen molar-refractivity contribution < 1.29 is 18.4 Å². The first kappa shape index (κ1) is 23.1. The summed E-state index contributed by atoms with van der Waals surface area (Å²) in [6.45, 7) is 1.98. The number of carbonyl (C=O) groups is 1. The van der Waals surface area contributed by atoms with Crippen molar-refractivity contribution in [2.24, 2.45) is 0 Å². The van der Waals surface area contributed by atoms with E-state index in [0.29, 0.717) is 33.7 Å². The summed E-state index contributed by atoms with van der Waals surface area (Å²) in [5.41, 5.74) is 1.26. The Morgan fingerprint density at radius 2 is 1.91 bits per heavy atom. The Bertz CT molecular complexity index is 1300. The molecule has 11 heteroatoms. The number of hydrogen-bond acceptors (Lipinski definition) is 5. The van der Waals surface area contributed by atoms with Crippen molar-refractivity contribution in [2.45, 2.75) is 20.1 Å². The van der Waals surface area contributed by atoms with Gasteiger partial charge < -0.3 is 14.6 Å². The molecule has 7 nitrogen and oxygen atoms in total. The summed E-state index contributed by atoms with van der Waals surface area (Å²) >= 11 is 18.4. The standard InChI is InChI=1S/C22H16Cl3FN4O3/c1-12-17(11-32-16-6-4-15(26)5-7-16)20(29-33-12)22(31)27-21-19(25)10-30(28-21)9-13-2-3-14(23)8-18(13)24/h2-8,10H,9,11H2,1H3,(H,27,28,31). The topological polar surface area (TPSA) is 82.2 Å². The number of aryl methyl sites for hydroxylation is 1. The zero-order valence-corrected chi connectivity index (χ0v) is 19.4. The average Bonchev–Trinajstić information content (AvgIpc) is 3.31. The van der Waals surface area contributed by atoms with Crippen LogP contribution in [0.4, 0.5) is 10.2 Å². The molecule has 0 fully saturated rings. The number of ether oxygens (including phenoxy) is 1. The molecule has 0 unspecified atom stereocenters. The van der Waals surface area contributed by atoms with Crippen LogP contribution >= 0.6 is 34.8 Å². The Kier molecular flexibility index (Phi) is 6.88. The zero-order valence-electron chi connectivity index (χ0n) is 17.1. The number of halogens is 4. The molecule has 4 rings (SSSR count). The summed E-state index contributed by atoms with van der Waals surface area (Å²) in [5, 5.41) is 12.0. The summed E-state index contributed by atoms with van der Waals surface area (Å²) in [5.74, 6) is 0.0551. The Labute approximate surface area is 203 Å². The van der Waals surface area contributed by atoms with E-state index in [0.717, 1.165) is 5.56 Å². The number of hydrogen-bond donors (Lipinski definition) is 1. The molecule has 0 aliphatic heterocycles. The van der Waals surface area contributed by atoms with Crippen molar-refractivity contribution in [1.29, 1.82) is 0 Å². The van der Waals surface area contributed by atoms with E-state index in [9.17, 15) is 9.18 Å². The maximum absolute atomic E-state index is 13.1. The fourth-order valence-electron chi connectivity index (χ4n) is 2.98. The van der Waals surface area contributed by atoms with Gasteiger partial charge in [0, 0.05) is 16.2 Å². The van der Waals surface area contributed by atoms with Crippen LogP contribution < -0.4 is 10.1 Å². The molecule has 0 saturated carbocycles. The second-order valence-electron chi connectivity index (χ2n) is 7.02. The lowest BCUT2D eigenvalue weighted by Gasteiger charge is -2.07. The average molecular weight is 510 g/mol. The van der Waals surface area contributed by atoms with E-state index in [-0.39, 0.29) is 29.0 Å². The molecule has 0 radical (unpaired) electrons. The number of nitrogens with one attached hydrogen (secondary N) is 1. The highest BCUT2D eigenvalue weighted by molar-refractivity contribution is 6.35. The number of benzene rings is 2. The van der Waals surface area contributed by atoms with Gasteiger partial charge in [-0.3, -0.25) is 9.48 Å². The Hall–Kier alpha value is -3.07. The van der Waals surface area contributed by atoms with Gasteiger partial charge in [-0.05, 0) is 48.9 Å². The predicted octanol–water partition coefficient (Wildman–Crippen LogP) is 6.16. The van der Waals surface area contributed by atoms with Crippen molar-refractivity contribution in [3.8, 4) is 5.75 Å². The van der Waals surface area contributed by atoms with Crippen LogP contribution in [0.3, 0.4) is 0 Å². The lowest BCUT2D eigenvalue weighted by Crippen LogP contribution is -2.16. The highest BCUT2D eigenvalue weighted by Crippen LogP contribution is 2.25. The van der Waals surface area contributed by atoms with Gasteiger partial charge in [-0.25, -0.2) is 4.39 Å². The zero-order chi connectivity index (χ0) is 23.5. The maximum Gasteiger partial charge on any atom is 0.279 e. The molecular formula is C22H16Cl3FN4O3. The molecule has 4 aromatic rings. The van der Waals surface area contributed by atoms with Gasteiger partial charge in [0.2, 0.25) is 0 Å². The van der Waals surface area contributed by atoms with Crippen molar-refractivity contribution in [2.75, 3.05) is 5.32 Å². The van der Waals surface area contributed by atoms with Crippen LogP contribution in [-0.2, 0) is 13.2 Å². The molecule has 2 heterocycles. The third-order valence-corrected chi connectivity index (χ3v) is 5.56. The molecule has 0 atom stereocenters. The minimum atomic E-state index is -0.568. The maximum atomic E-state index is 13.1. The van der Waals surface area contributed by atoms with Gasteiger partial charge in [0.05, 0.1) is 12.1 Å². The summed E-state index contributed by atoms with van der Waals surface area (Å²) < 4.78 is 25.4. The lowest BCUT2D eigenvalue weighted by atomic mass is 10.2. The second kappa shape index (κ2) is 9.82. The highest BCUT2D eigenvalue weighted by Gasteiger charge is 2.22. The van der Waals surface area contributed by atoms with Crippen LogP contribution in [0.5, 0.6) is 5.75 Å². The van der Waals surface area contributed by atoms with Gasteiger partial charge in [0.25, 0.3) is 5.91 Å². The number of carbonyl (C=O) groups excluding carboxylic acids is 1. The van der Waals surface area contributed by atoms with Crippen molar-refractivity contribution in [3.05, 3.63) is 92.1 Å². The Morgan fingerprint density at radius 3 is 2.64 bits per heavy atom. The predicted molar refractivity (Wildman–Crippen MR) is 123 cm³/mol. The molecule has 2 aromatic carbocycles. The molecule has 1 N–H and O–H groups in total. The number of amides is 1. The molecule has 0 spiro atoms. The van der Waals surface area contributed by atoms with Gasteiger partial charge in [0.15, 0.2) is 11.5 Å². The fraction of sp³-hybridized carbons (Fsp3) is 0.136. The van der Waals surface area contributed by atoms with Gasteiger partial charge in [-0.1, -0.05) is 46.0 Å². The summed E-state index contributed by atoms with van der Waals surface area (Å²) in [4.78, 5) is 12.8. The third-order valence-electron chi connectivity index (χ3n) is 4.69. The molecule has 2 aromatic heterocycles. The van der Waals surface area contributed by atoms with E-state index < -0.39 is 5.91 Å². The van der Waals surface area contributed by atoms with Crippen molar-refractivity contribution in [1.82, 2.24) is 14.9 Å². The third kappa shape index (κ3) is 5.47. The molecule has 1 amide bonds. The molecular weight excluding hydrogens is 494 g/mol. The lowest BCUT2D eigenvalue weighted by molar-refractivity contribution is 0.101. The van der Waals surface area contributed by atoms with Crippen LogP contribution in [0.25, 0.3) is 0 Å². The van der Waals surface area contributed by atoms with Crippen LogP contribution in [0.2, 0.25) is 15.1 Å². The SMILES string of the molecule is Cc1onc(C(=O)Nc2nn(Cc3ccc(Cl)cc3Cl)cc2Cl)c1COc1ccc(F)cc1. The van der Waals surface area contributed by atoms with Crippen LogP contribution in [-0.4, -0.2) is 20.8 Å². The quantitative estimate of drug-likeness (QED) is 0.323. The monoisotopic (exact) mass is 508 g/mol. The number of nitrogens with zero attached hydrogens (tertiary/aromatic N) is 3. The minimum absolute atomic E-state index is 0.000950. The van der Waals surface area contributed by atoms with E-state index in [1.54, 1.807) is 36.0 Å². The van der Waals surface area contributed by atoms with E-state index in [1.165, 1.54) is 24.3 Å². The smallest absolute Gasteiger partial charge is 0.279 e. The van der Waals surface area contributed by atoms with Crippen LogP contribution in [0.15, 0.2) is 53.2 Å². The number of rotatable bonds is 7. The van der Waals surface area contributed by atoms with Crippen LogP contribution in [0, 0.1) is 12.7 Å². The summed E-state index contributed by atoms with van der Waals surface area (Å²) in [7, 11) is 0. The highest BCUT2D eigenvalue weighted by atomic mass is 35.5. The molecule has 170 valence electrons. The van der Waals surface area contributed by atoms with Gasteiger partial charge in [-0.15, -0.1) is 0 Å². The molecule has 0 aliphatic rings. The van der Waals surface area contributed by atoms with E-state index in [4.69, 9.17) is 44.1 Å². The normalized spacial score (nSPS) is 10.9. The molecule has 33 heavy (non-hydrogen) atoms. The number of anilines is 1. The van der Waals surface area contributed by atoms with Gasteiger partial charge in [0.1, 0.15) is 29.0 Å². The molecule has 0 bridgehead atoms. The van der Waals surface area contributed by atoms with Crippen molar-refractivity contribution >= 4 is 46.5 Å². The minimum Gasteiger partial charge on any atom is -0.489 e. The second-order valence-corrected chi connectivity index (χ2v) is 8.27. The Morgan fingerprint density at radius 1 is 1.15 bits per heavy atom. The summed E-state index contributed by atoms with van der Waals surface area (Å²) in [6.07, 6.45) is 1.56. The largest absolute Gasteiger partial charge is 0.489 e. The summed E-state index contributed by atoms with van der Waals surface area (Å²) in [6, 6.07) is 10.7. The van der Waals surface area contributed by atoms with Crippen LogP contribution in [0.1, 0.15) is 27.4 Å². The Balaban J connectivity index is 1.47. The van der Waals surface area contributed by atoms with Gasteiger partial charge >= 0.3 is 0 Å². The molecule has 0 saturated heterocycles. The van der Waals surface area contributed by atoms with Crippen molar-refractivity contribution in [3.63, 3.8) is 0 Å². The fourth-order valence-corrected chi connectivity index (χ4v) is 3.65. The van der Waals surface area contributed by atoms with E-state index in [1.807, 2.05) is 0 Å². The first-order valence-electron chi connectivity index (χ1n) is 9.62. The molecule has 0 aliphatic carbocycles. The van der Waals surface area contributed by atoms with E-state index in [2.05, 4.69) is 15.6 Å². The first-order chi connectivity index (χ1) is 15.8.